The van der Waals surface area contributed by atoms with Crippen LogP contribution in [0.25, 0.3) is 5.69 Å². The summed E-state index contributed by atoms with van der Waals surface area (Å²) >= 11 is 1.44. The third kappa shape index (κ3) is 3.03. The molecule has 6 nitrogen and oxygen atoms in total. The van der Waals surface area contributed by atoms with E-state index >= 15 is 0 Å². The summed E-state index contributed by atoms with van der Waals surface area (Å²) in [6.45, 7) is 3.49. The number of sulfonamides is 1. The zero-order valence-corrected chi connectivity index (χ0v) is 16.3. The minimum Gasteiger partial charge on any atom is -0.255 e. The number of thiazole rings is 1. The molecule has 136 valence electrons. The fraction of sp³-hybridized carbons (Fsp3) is 0.333. The first-order chi connectivity index (χ1) is 12.5. The molecule has 3 aromatic rings. The maximum absolute atomic E-state index is 13.0. The molecule has 0 spiro atoms. The molecule has 0 unspecified atom stereocenters. The van der Waals surface area contributed by atoms with Gasteiger partial charge in [0.2, 0.25) is 0 Å². The van der Waals surface area contributed by atoms with Crippen LogP contribution in [0.1, 0.15) is 34.8 Å². The Balaban J connectivity index is 1.70. The summed E-state index contributed by atoms with van der Waals surface area (Å²) in [6.07, 6.45) is 4.17. The van der Waals surface area contributed by atoms with E-state index < -0.39 is 10.0 Å². The molecule has 8 heteroatoms. The minimum atomic E-state index is -3.75. The summed E-state index contributed by atoms with van der Waals surface area (Å²) < 4.78 is 30.3. The molecule has 0 saturated carbocycles. The predicted octanol–water partition coefficient (Wildman–Crippen LogP) is 3.63. The van der Waals surface area contributed by atoms with Crippen LogP contribution in [0.15, 0.2) is 35.2 Å². The van der Waals surface area contributed by atoms with Gasteiger partial charge in [-0.2, -0.15) is 5.10 Å². The highest BCUT2D eigenvalue weighted by atomic mass is 32.2. The van der Waals surface area contributed by atoms with Crippen molar-refractivity contribution in [1.82, 2.24) is 14.8 Å². The lowest BCUT2D eigenvalue weighted by molar-refractivity contribution is 0.600. The molecule has 1 aliphatic rings. The lowest BCUT2D eigenvalue weighted by Gasteiger charge is -2.07. The fourth-order valence-corrected chi connectivity index (χ4v) is 6.08. The quantitative estimate of drug-likeness (QED) is 0.740. The summed E-state index contributed by atoms with van der Waals surface area (Å²) in [4.78, 5) is 5.90. The molecule has 2 heterocycles. The summed E-state index contributed by atoms with van der Waals surface area (Å²) in [5, 5.41) is 4.88. The van der Waals surface area contributed by atoms with E-state index in [0.717, 1.165) is 37.1 Å². The minimum absolute atomic E-state index is 0.217. The number of aromatic nitrogens is 3. The molecule has 1 aromatic carbocycles. The number of fused-ring (bicyclic) bond motifs is 1. The van der Waals surface area contributed by atoms with Crippen LogP contribution < -0.4 is 4.72 Å². The van der Waals surface area contributed by atoms with E-state index in [1.165, 1.54) is 16.2 Å². The van der Waals surface area contributed by atoms with Crippen LogP contribution in [-0.2, 0) is 22.9 Å². The Morgan fingerprint density at radius 2 is 1.85 bits per heavy atom. The van der Waals surface area contributed by atoms with Gasteiger partial charge >= 0.3 is 0 Å². The van der Waals surface area contributed by atoms with Crippen LogP contribution >= 0.6 is 11.3 Å². The maximum Gasteiger partial charge on any atom is 0.267 e. The van der Waals surface area contributed by atoms with Crippen LogP contribution in [0.3, 0.4) is 0 Å². The molecule has 0 fully saturated rings. The van der Waals surface area contributed by atoms with Gasteiger partial charge in [0.25, 0.3) is 10.0 Å². The number of rotatable bonds is 4. The van der Waals surface area contributed by atoms with Gasteiger partial charge in [0.05, 0.1) is 22.8 Å². The molecule has 0 aliphatic heterocycles. The van der Waals surface area contributed by atoms with Crippen molar-refractivity contribution in [2.45, 2.75) is 44.4 Å². The molecule has 2 aromatic heterocycles. The smallest absolute Gasteiger partial charge is 0.255 e. The van der Waals surface area contributed by atoms with Crippen LogP contribution in [0.5, 0.6) is 0 Å². The Labute approximate surface area is 157 Å². The van der Waals surface area contributed by atoms with E-state index in [9.17, 15) is 8.42 Å². The third-order valence-electron chi connectivity index (χ3n) is 4.56. The molecule has 0 radical (unpaired) electrons. The van der Waals surface area contributed by atoms with E-state index in [1.807, 2.05) is 30.3 Å². The van der Waals surface area contributed by atoms with Crippen molar-refractivity contribution in [2.24, 2.45) is 0 Å². The lowest BCUT2D eigenvalue weighted by Crippen LogP contribution is -2.15. The van der Waals surface area contributed by atoms with E-state index in [0.29, 0.717) is 16.5 Å². The molecule has 0 atom stereocenters. The van der Waals surface area contributed by atoms with Gasteiger partial charge in [-0.1, -0.05) is 18.2 Å². The SMILES string of the molecule is Cc1nn(-c2ccccc2)c(C)c1S(=O)(=O)Nc1nc2c(s1)CCCC2. The van der Waals surface area contributed by atoms with Crippen molar-refractivity contribution in [1.29, 1.82) is 0 Å². The van der Waals surface area contributed by atoms with Gasteiger partial charge in [0.1, 0.15) is 4.90 Å². The standard InChI is InChI=1S/C18H20N4O2S2/c1-12-17(13(2)22(20-12)14-8-4-3-5-9-14)26(23,24)21-18-19-15-10-6-7-11-16(15)25-18/h3-5,8-9H,6-7,10-11H2,1-2H3,(H,19,21). The number of anilines is 1. The molecule has 0 amide bonds. The second-order valence-corrected chi connectivity index (χ2v) is 9.15. The summed E-state index contributed by atoms with van der Waals surface area (Å²) in [6, 6.07) is 9.52. The molecular weight excluding hydrogens is 368 g/mol. The first kappa shape index (κ1) is 17.2. The summed E-state index contributed by atoms with van der Waals surface area (Å²) in [5.74, 6) is 0. The zero-order chi connectivity index (χ0) is 18.3. The number of hydrogen-bond acceptors (Lipinski definition) is 5. The van der Waals surface area contributed by atoms with Crippen molar-refractivity contribution >= 4 is 26.5 Å². The zero-order valence-electron chi connectivity index (χ0n) is 14.7. The average molecular weight is 389 g/mol. The van der Waals surface area contributed by atoms with E-state index in [-0.39, 0.29) is 4.90 Å². The van der Waals surface area contributed by atoms with Gasteiger partial charge in [-0.15, -0.1) is 11.3 Å². The first-order valence-corrected chi connectivity index (χ1v) is 10.9. The van der Waals surface area contributed by atoms with Crippen molar-refractivity contribution in [3.8, 4) is 5.69 Å². The van der Waals surface area contributed by atoms with E-state index in [1.54, 1.807) is 18.5 Å². The fourth-order valence-electron chi connectivity index (χ4n) is 3.40. The second-order valence-electron chi connectivity index (χ2n) is 6.45. The Hall–Kier alpha value is -2.19. The average Bonchev–Trinajstić information content (AvgIpc) is 3.14. The Bertz CT molecular complexity index is 1030. The van der Waals surface area contributed by atoms with Gasteiger partial charge < -0.3 is 0 Å². The van der Waals surface area contributed by atoms with Crippen LogP contribution in [0, 0.1) is 13.8 Å². The first-order valence-electron chi connectivity index (χ1n) is 8.59. The van der Waals surface area contributed by atoms with Gasteiger partial charge in [-0.3, -0.25) is 4.72 Å². The van der Waals surface area contributed by atoms with Crippen LogP contribution in [0.4, 0.5) is 5.13 Å². The van der Waals surface area contributed by atoms with Crippen molar-refractivity contribution in [3.05, 3.63) is 52.3 Å². The highest BCUT2D eigenvalue weighted by Gasteiger charge is 2.27. The Morgan fingerprint density at radius 1 is 1.12 bits per heavy atom. The van der Waals surface area contributed by atoms with Gasteiger partial charge in [0.15, 0.2) is 5.13 Å². The van der Waals surface area contributed by atoms with Gasteiger partial charge in [0, 0.05) is 4.88 Å². The number of nitrogens with one attached hydrogen (secondary N) is 1. The van der Waals surface area contributed by atoms with Crippen molar-refractivity contribution < 1.29 is 8.42 Å². The third-order valence-corrected chi connectivity index (χ3v) is 7.35. The summed E-state index contributed by atoms with van der Waals surface area (Å²) in [7, 11) is -3.75. The molecule has 0 bridgehead atoms. The summed E-state index contributed by atoms with van der Waals surface area (Å²) in [5.41, 5.74) is 2.93. The number of aryl methyl sites for hydroxylation is 3. The largest absolute Gasteiger partial charge is 0.267 e. The van der Waals surface area contributed by atoms with Gasteiger partial charge in [-0.05, 0) is 51.7 Å². The number of para-hydroxylation sites is 1. The van der Waals surface area contributed by atoms with Crippen LogP contribution in [-0.4, -0.2) is 23.2 Å². The topological polar surface area (TPSA) is 76.9 Å². The molecule has 1 N–H and O–H groups in total. The molecule has 4 rings (SSSR count). The van der Waals surface area contributed by atoms with Crippen molar-refractivity contribution in [3.63, 3.8) is 0 Å². The van der Waals surface area contributed by atoms with Crippen LogP contribution in [0.2, 0.25) is 0 Å². The normalized spacial score (nSPS) is 14.2. The highest BCUT2D eigenvalue weighted by Crippen LogP contribution is 2.32. The predicted molar refractivity (Wildman–Crippen MR) is 103 cm³/mol. The Morgan fingerprint density at radius 3 is 2.58 bits per heavy atom. The molecular formula is C18H20N4O2S2. The molecule has 26 heavy (non-hydrogen) atoms. The lowest BCUT2D eigenvalue weighted by atomic mass is 10.0. The monoisotopic (exact) mass is 388 g/mol. The van der Waals surface area contributed by atoms with E-state index in [2.05, 4.69) is 14.8 Å². The highest BCUT2D eigenvalue weighted by molar-refractivity contribution is 7.93. The number of nitrogens with zero attached hydrogens (tertiary/aromatic N) is 3. The van der Waals surface area contributed by atoms with E-state index in [4.69, 9.17) is 0 Å². The Kier molecular flexibility index (Phi) is 4.32. The molecule has 1 aliphatic carbocycles. The number of benzene rings is 1. The van der Waals surface area contributed by atoms with Crippen molar-refractivity contribution in [2.75, 3.05) is 4.72 Å². The second kappa shape index (κ2) is 6.51. The number of hydrogen-bond donors (Lipinski definition) is 1. The molecule has 0 saturated heterocycles. The maximum atomic E-state index is 13.0. The van der Waals surface area contributed by atoms with Gasteiger partial charge in [-0.25, -0.2) is 18.1 Å².